The molecule has 6 bridgehead atoms. The molecular weight excluding hydrogens is 717 g/mol. The van der Waals surface area contributed by atoms with Gasteiger partial charge in [0.25, 0.3) is 0 Å². The van der Waals surface area contributed by atoms with E-state index in [1.807, 2.05) is 24.3 Å². The van der Waals surface area contributed by atoms with Crippen molar-refractivity contribution in [2.75, 3.05) is 57.9 Å². The first-order chi connectivity index (χ1) is 26.4. The molecule has 4 aliphatic rings. The number of rotatable bonds is 9. The van der Waals surface area contributed by atoms with Crippen molar-refractivity contribution < 1.29 is 41.7 Å². The fourth-order valence-corrected chi connectivity index (χ4v) is 6.91. The van der Waals surface area contributed by atoms with Crippen LogP contribution < -0.4 is 19.5 Å². The Labute approximate surface area is 320 Å². The molecule has 12 nitrogen and oxygen atoms in total. The summed E-state index contributed by atoms with van der Waals surface area (Å²) >= 11 is 0. The molecule has 3 aliphatic heterocycles. The third-order valence-electron chi connectivity index (χ3n) is 9.97. The molecule has 2 fully saturated rings. The molecule has 1 saturated heterocycles. The number of hydrogen-bond acceptors (Lipinski definition) is 11. The minimum atomic E-state index is -4.58. The largest absolute Gasteiger partial charge is 0.494 e. The summed E-state index contributed by atoms with van der Waals surface area (Å²) in [5.74, 6) is 1.24. The van der Waals surface area contributed by atoms with E-state index in [1.54, 1.807) is 36.9 Å². The lowest BCUT2D eigenvalue weighted by atomic mass is 9.94. The van der Waals surface area contributed by atoms with Crippen molar-refractivity contribution in [3.63, 3.8) is 0 Å². The van der Waals surface area contributed by atoms with Gasteiger partial charge in [0, 0.05) is 39.0 Å². The summed E-state index contributed by atoms with van der Waals surface area (Å²) in [5, 5.41) is 3.06. The van der Waals surface area contributed by atoms with Gasteiger partial charge in [-0.2, -0.15) is 28.1 Å². The fraction of sp³-hybridized carbons (Fsp3) is 0.575. The monoisotopic (exact) mass is 768 g/mol. The highest BCUT2D eigenvalue weighted by Gasteiger charge is 2.44. The molecular formula is C40H51F3N6O6. The maximum absolute atomic E-state index is 13.8. The number of aromatic nitrogens is 3. The quantitative estimate of drug-likeness (QED) is 0.221. The zero-order chi connectivity index (χ0) is 38.8. The molecule has 2 aromatic carbocycles. The third-order valence-corrected chi connectivity index (χ3v) is 9.97. The molecule has 1 saturated carbocycles. The van der Waals surface area contributed by atoms with Gasteiger partial charge >= 0.3 is 18.3 Å². The summed E-state index contributed by atoms with van der Waals surface area (Å²) in [7, 11) is 0. The van der Waals surface area contributed by atoms with Crippen molar-refractivity contribution in [3.05, 3.63) is 65.0 Å². The average Bonchev–Trinajstić information content (AvgIpc) is 3.72. The predicted octanol–water partition coefficient (Wildman–Crippen LogP) is 7.25. The van der Waals surface area contributed by atoms with Crippen LogP contribution in [0.3, 0.4) is 0 Å². The Bertz CT molecular complexity index is 1750. The number of benzene rings is 2. The van der Waals surface area contributed by atoms with E-state index in [1.165, 1.54) is 12.8 Å². The van der Waals surface area contributed by atoms with E-state index in [2.05, 4.69) is 25.2 Å². The van der Waals surface area contributed by atoms with Gasteiger partial charge in [-0.15, -0.1) is 0 Å². The lowest BCUT2D eigenvalue weighted by Crippen LogP contribution is -2.36. The van der Waals surface area contributed by atoms with E-state index < -0.39 is 24.9 Å². The first-order valence-electron chi connectivity index (χ1n) is 19.3. The minimum absolute atomic E-state index is 0.0138. The molecule has 15 heteroatoms. The number of ketones is 1. The number of likely N-dealkylation sites (tertiary alicyclic amines) is 1. The SMILES string of the molecule is CC(C)OC(=O)N1CCCOc2ccc(cc2)CNc2nc(nc(OCC(F)(F)F)n2)Cc2ccc(C(=O)CCC3(CN4CCCC4)CC3)c(c2)OCCC1. The number of carbonyl (C=O) groups excluding carboxylic acids is 2. The van der Waals surface area contributed by atoms with Gasteiger partial charge < -0.3 is 34.1 Å². The Balaban J connectivity index is 1.25. The molecule has 0 radical (unpaired) electrons. The third kappa shape index (κ3) is 12.4. The van der Waals surface area contributed by atoms with E-state index in [0.29, 0.717) is 61.6 Å². The second-order valence-corrected chi connectivity index (χ2v) is 15.0. The molecule has 0 unspecified atom stereocenters. The Morgan fingerprint density at radius 3 is 2.31 bits per heavy atom. The first kappa shape index (κ1) is 40.0. The predicted molar refractivity (Wildman–Crippen MR) is 199 cm³/mol. The number of fused-ring (bicyclic) bond motifs is 11. The molecule has 1 N–H and O–H groups in total. The minimum Gasteiger partial charge on any atom is -0.494 e. The summed E-state index contributed by atoms with van der Waals surface area (Å²) in [5.41, 5.74) is 2.18. The lowest BCUT2D eigenvalue weighted by Gasteiger charge is -2.24. The van der Waals surface area contributed by atoms with Crippen LogP contribution in [0.4, 0.5) is 23.9 Å². The van der Waals surface area contributed by atoms with Crippen LogP contribution in [0.5, 0.6) is 17.5 Å². The number of nitrogens with zero attached hydrogens (tertiary/aromatic N) is 5. The van der Waals surface area contributed by atoms with Gasteiger partial charge in [0.15, 0.2) is 12.4 Å². The Morgan fingerprint density at radius 1 is 0.909 bits per heavy atom. The molecule has 0 atom stereocenters. The van der Waals surface area contributed by atoms with Crippen LogP contribution in [0.2, 0.25) is 0 Å². The Hall–Kier alpha value is -4.66. The van der Waals surface area contributed by atoms with E-state index in [4.69, 9.17) is 18.9 Å². The van der Waals surface area contributed by atoms with Crippen LogP contribution in [0.25, 0.3) is 0 Å². The van der Waals surface area contributed by atoms with Crippen LogP contribution in [0.15, 0.2) is 42.5 Å². The Kier molecular flexibility index (Phi) is 13.3. The van der Waals surface area contributed by atoms with Crippen LogP contribution in [-0.2, 0) is 17.7 Å². The summed E-state index contributed by atoms with van der Waals surface area (Å²) < 4.78 is 61.9. The maximum Gasteiger partial charge on any atom is 0.422 e. The van der Waals surface area contributed by atoms with Gasteiger partial charge in [0.2, 0.25) is 5.95 Å². The fourth-order valence-electron chi connectivity index (χ4n) is 6.91. The highest BCUT2D eigenvalue weighted by Crippen LogP contribution is 2.50. The summed E-state index contributed by atoms with van der Waals surface area (Å²) in [6.07, 6.45) is 1.77. The molecule has 1 amide bonds. The van der Waals surface area contributed by atoms with Gasteiger partial charge in [-0.1, -0.05) is 18.2 Å². The molecule has 0 spiro atoms. The topological polar surface area (TPSA) is 128 Å². The number of ether oxygens (including phenoxy) is 4. The van der Waals surface area contributed by atoms with Gasteiger partial charge in [-0.25, -0.2) is 4.79 Å². The molecule has 1 aliphatic carbocycles. The molecule has 298 valence electrons. The van der Waals surface area contributed by atoms with E-state index in [-0.39, 0.29) is 48.6 Å². The molecule has 1 aromatic heterocycles. The van der Waals surface area contributed by atoms with Crippen LogP contribution in [0.1, 0.15) is 92.5 Å². The first-order valence-corrected chi connectivity index (χ1v) is 19.3. The zero-order valence-electron chi connectivity index (χ0n) is 31.7. The van der Waals surface area contributed by atoms with E-state index >= 15 is 0 Å². The zero-order valence-corrected chi connectivity index (χ0v) is 31.7. The summed E-state index contributed by atoms with van der Waals surface area (Å²) in [6.45, 7) is 6.97. The van der Waals surface area contributed by atoms with Crippen molar-refractivity contribution in [3.8, 4) is 17.5 Å². The number of anilines is 1. The second kappa shape index (κ2) is 18.3. The molecule has 4 heterocycles. The number of alkyl halides is 3. The average molecular weight is 769 g/mol. The van der Waals surface area contributed by atoms with Crippen LogP contribution >= 0.6 is 0 Å². The van der Waals surface area contributed by atoms with Crippen molar-refractivity contribution in [2.45, 2.75) is 90.5 Å². The van der Waals surface area contributed by atoms with Gasteiger partial charge in [0.05, 0.1) is 24.9 Å². The van der Waals surface area contributed by atoms with Crippen molar-refractivity contribution in [1.82, 2.24) is 24.8 Å². The maximum atomic E-state index is 13.8. The van der Waals surface area contributed by atoms with Crippen molar-refractivity contribution in [1.29, 1.82) is 0 Å². The standard InChI is InChI=1S/C40H51F3N6O6/c1-28(2)55-38(51)49-19-5-21-52-31-10-7-29(8-11-31)25-44-36-45-35(46-37(47-36)54-27-40(41,42)43)24-30-9-12-32(34(23-30)53-22-6-20-49)33(50)13-14-39(15-16-39)26-48-17-3-4-18-48/h7-12,23,28H,3-6,13-22,24-27H2,1-2H3,(H,44,45,46,47). The second-order valence-electron chi connectivity index (χ2n) is 15.0. The number of carbonyl (C=O) groups is 2. The number of hydrogen-bond donors (Lipinski definition) is 1. The highest BCUT2D eigenvalue weighted by molar-refractivity contribution is 5.98. The lowest BCUT2D eigenvalue weighted by molar-refractivity contribution is -0.154. The smallest absolute Gasteiger partial charge is 0.422 e. The number of nitrogens with one attached hydrogen (secondary N) is 1. The molecule has 3 aromatic rings. The Morgan fingerprint density at radius 2 is 1.62 bits per heavy atom. The normalized spacial score (nSPS) is 18.0. The van der Waals surface area contributed by atoms with Crippen molar-refractivity contribution in [2.24, 2.45) is 5.41 Å². The highest BCUT2D eigenvalue weighted by atomic mass is 19.4. The van der Waals surface area contributed by atoms with Gasteiger partial charge in [-0.05, 0) is 113 Å². The van der Waals surface area contributed by atoms with E-state index in [0.717, 1.165) is 44.5 Å². The van der Waals surface area contributed by atoms with Gasteiger partial charge in [-0.3, -0.25) is 4.79 Å². The molecule has 7 rings (SSSR count). The van der Waals surface area contributed by atoms with Crippen LogP contribution in [0, 0.1) is 5.41 Å². The number of halogens is 3. The van der Waals surface area contributed by atoms with Gasteiger partial charge in [0.1, 0.15) is 17.3 Å². The molecule has 55 heavy (non-hydrogen) atoms. The van der Waals surface area contributed by atoms with Crippen molar-refractivity contribution >= 4 is 17.8 Å². The van der Waals surface area contributed by atoms with E-state index in [9.17, 15) is 22.8 Å². The summed E-state index contributed by atoms with van der Waals surface area (Å²) in [6, 6.07) is 12.2. The summed E-state index contributed by atoms with van der Waals surface area (Å²) in [4.78, 5) is 43.7. The van der Waals surface area contributed by atoms with Crippen LogP contribution in [-0.4, -0.2) is 101 Å². The number of amides is 1. The number of Topliss-reactive ketones (excluding diaryl/α,β-unsaturated/α-hetero) is 1.